The van der Waals surface area contributed by atoms with E-state index in [2.05, 4.69) is 18.7 Å². The Morgan fingerprint density at radius 3 is 2.24 bits per heavy atom. The molecule has 38 heavy (non-hydrogen) atoms. The molecule has 1 aliphatic rings. The maximum Gasteiger partial charge on any atom is 0.300 e. The molecule has 1 N–H and O–H groups in total. The molecule has 1 heterocycles. The van der Waals surface area contributed by atoms with Gasteiger partial charge in [0.2, 0.25) is 0 Å². The largest absolute Gasteiger partial charge is 0.507 e. The third kappa shape index (κ3) is 4.60. The number of carbonyl (C=O) groups is 2. The van der Waals surface area contributed by atoms with Crippen molar-refractivity contribution in [3.8, 4) is 11.5 Å². The van der Waals surface area contributed by atoms with Gasteiger partial charge in [-0.05, 0) is 80.8 Å². The summed E-state index contributed by atoms with van der Waals surface area (Å²) in [6.45, 7) is 9.78. The molecule has 0 saturated carbocycles. The monoisotopic (exact) mass is 514 g/mol. The molecule has 1 fully saturated rings. The van der Waals surface area contributed by atoms with Crippen LogP contribution in [0.3, 0.4) is 0 Å². The highest BCUT2D eigenvalue weighted by Crippen LogP contribution is 2.45. The highest BCUT2D eigenvalue weighted by molar-refractivity contribution is 6.51. The molecule has 3 aromatic carbocycles. The van der Waals surface area contributed by atoms with Gasteiger partial charge in [-0.15, -0.1) is 0 Å². The van der Waals surface area contributed by atoms with Crippen molar-refractivity contribution < 1.29 is 24.2 Å². The van der Waals surface area contributed by atoms with Gasteiger partial charge in [-0.25, -0.2) is 0 Å². The van der Waals surface area contributed by atoms with Gasteiger partial charge in [0.25, 0.3) is 11.7 Å². The van der Waals surface area contributed by atoms with Gasteiger partial charge in [0.1, 0.15) is 17.3 Å². The first-order valence-electron chi connectivity index (χ1n) is 12.7. The Kier molecular flexibility index (Phi) is 7.76. The fourth-order valence-corrected chi connectivity index (χ4v) is 4.99. The van der Waals surface area contributed by atoms with Gasteiger partial charge in [0.05, 0.1) is 31.4 Å². The van der Waals surface area contributed by atoms with E-state index in [4.69, 9.17) is 9.47 Å². The number of hydrogen-bond acceptors (Lipinski definition) is 6. The first kappa shape index (κ1) is 26.8. The van der Waals surface area contributed by atoms with E-state index < -0.39 is 17.7 Å². The number of hydrogen-bond donors (Lipinski definition) is 1. The lowest BCUT2D eigenvalue weighted by atomic mass is 9.94. The van der Waals surface area contributed by atoms with Crippen molar-refractivity contribution >= 4 is 28.8 Å². The standard InChI is InChI=1S/C31H34N2O5/c1-7-32(8-2)22-14-12-21(13-15-22)28-27(29(34)24-18-23(37-5)16-17-26(24)38-6)30(35)31(36)33(28)25-11-9-10-19(3)20(25)4/h9-18,28,34H,7-8H2,1-6H3/b29-27+. The van der Waals surface area contributed by atoms with Crippen LogP contribution in [0.2, 0.25) is 0 Å². The van der Waals surface area contributed by atoms with E-state index >= 15 is 0 Å². The number of rotatable bonds is 8. The van der Waals surface area contributed by atoms with E-state index in [-0.39, 0.29) is 16.9 Å². The molecule has 7 nitrogen and oxygen atoms in total. The lowest BCUT2D eigenvalue weighted by Gasteiger charge is -2.28. The predicted molar refractivity (Wildman–Crippen MR) is 150 cm³/mol. The number of methoxy groups -OCH3 is 2. The van der Waals surface area contributed by atoms with Crippen LogP contribution in [-0.4, -0.2) is 44.1 Å². The van der Waals surface area contributed by atoms with Crippen LogP contribution in [0.5, 0.6) is 11.5 Å². The summed E-state index contributed by atoms with van der Waals surface area (Å²) < 4.78 is 10.8. The lowest BCUT2D eigenvalue weighted by Crippen LogP contribution is -2.30. The number of aliphatic hydroxyl groups is 1. The molecule has 0 spiro atoms. The smallest absolute Gasteiger partial charge is 0.300 e. The zero-order valence-corrected chi connectivity index (χ0v) is 22.7. The van der Waals surface area contributed by atoms with Crippen LogP contribution < -0.4 is 19.3 Å². The summed E-state index contributed by atoms with van der Waals surface area (Å²) in [5, 5.41) is 11.6. The number of nitrogens with zero attached hydrogens (tertiary/aromatic N) is 2. The first-order valence-corrected chi connectivity index (χ1v) is 12.7. The fraction of sp³-hybridized carbons (Fsp3) is 0.290. The van der Waals surface area contributed by atoms with E-state index in [0.29, 0.717) is 22.7 Å². The molecule has 1 saturated heterocycles. The number of aliphatic hydroxyl groups excluding tert-OH is 1. The third-order valence-electron chi connectivity index (χ3n) is 7.28. The highest BCUT2D eigenvalue weighted by atomic mass is 16.5. The molecule has 1 atom stereocenters. The van der Waals surface area contributed by atoms with Crippen LogP contribution in [0, 0.1) is 13.8 Å². The molecule has 0 aromatic heterocycles. The number of Topliss-reactive ketones (excluding diaryl/α,β-unsaturated/α-hetero) is 1. The molecule has 1 amide bonds. The fourth-order valence-electron chi connectivity index (χ4n) is 4.99. The predicted octanol–water partition coefficient (Wildman–Crippen LogP) is 5.79. The van der Waals surface area contributed by atoms with Gasteiger partial charge >= 0.3 is 0 Å². The summed E-state index contributed by atoms with van der Waals surface area (Å²) in [6.07, 6.45) is 0. The zero-order valence-electron chi connectivity index (χ0n) is 22.7. The molecule has 198 valence electrons. The summed E-state index contributed by atoms with van der Waals surface area (Å²) in [7, 11) is 3.00. The second-order valence-corrected chi connectivity index (χ2v) is 9.22. The van der Waals surface area contributed by atoms with Gasteiger partial charge < -0.3 is 19.5 Å². The maximum absolute atomic E-state index is 13.6. The van der Waals surface area contributed by atoms with Crippen molar-refractivity contribution in [2.75, 3.05) is 37.1 Å². The van der Waals surface area contributed by atoms with Gasteiger partial charge in [0.15, 0.2) is 0 Å². The molecule has 0 radical (unpaired) electrons. The second-order valence-electron chi connectivity index (χ2n) is 9.22. The molecule has 0 aliphatic carbocycles. The summed E-state index contributed by atoms with van der Waals surface area (Å²) in [4.78, 5) is 30.9. The minimum Gasteiger partial charge on any atom is -0.507 e. The van der Waals surface area contributed by atoms with Gasteiger partial charge in [0, 0.05) is 24.5 Å². The Balaban J connectivity index is 1.98. The molecule has 7 heteroatoms. The molecule has 1 unspecified atom stereocenters. The number of anilines is 2. The Hall–Kier alpha value is -4.26. The van der Waals surface area contributed by atoms with Crippen molar-refractivity contribution in [3.63, 3.8) is 0 Å². The molecular formula is C31H34N2O5. The first-order chi connectivity index (χ1) is 18.3. The molecule has 3 aromatic rings. The van der Waals surface area contributed by atoms with Gasteiger partial charge in [-0.3, -0.25) is 14.5 Å². The second kappa shape index (κ2) is 11.0. The van der Waals surface area contributed by atoms with Crippen molar-refractivity contribution in [1.82, 2.24) is 0 Å². The number of ketones is 1. The Morgan fingerprint density at radius 1 is 0.947 bits per heavy atom. The normalized spacial score (nSPS) is 16.6. The van der Waals surface area contributed by atoms with Crippen molar-refractivity contribution in [3.05, 3.63) is 88.5 Å². The van der Waals surface area contributed by atoms with E-state index in [1.165, 1.54) is 19.1 Å². The number of carbonyl (C=O) groups excluding carboxylic acids is 2. The number of benzene rings is 3. The Labute approximate surface area is 223 Å². The Bertz CT molecular complexity index is 1390. The molecule has 4 rings (SSSR count). The van der Waals surface area contributed by atoms with Crippen LogP contribution in [-0.2, 0) is 9.59 Å². The average Bonchev–Trinajstić information content (AvgIpc) is 3.20. The minimum atomic E-state index is -0.836. The van der Waals surface area contributed by atoms with Crippen LogP contribution in [0.15, 0.2) is 66.2 Å². The quantitative estimate of drug-likeness (QED) is 0.233. The van der Waals surface area contributed by atoms with Crippen LogP contribution in [0.25, 0.3) is 5.76 Å². The van der Waals surface area contributed by atoms with Gasteiger partial charge in [-0.1, -0.05) is 24.3 Å². The summed E-state index contributed by atoms with van der Waals surface area (Å²) in [5.74, 6) is -0.927. The topological polar surface area (TPSA) is 79.3 Å². The van der Waals surface area contributed by atoms with E-state index in [1.54, 1.807) is 18.2 Å². The van der Waals surface area contributed by atoms with Crippen LogP contribution in [0.1, 0.15) is 42.1 Å². The van der Waals surface area contributed by atoms with Crippen molar-refractivity contribution in [2.24, 2.45) is 0 Å². The van der Waals surface area contributed by atoms with Crippen LogP contribution >= 0.6 is 0 Å². The van der Waals surface area contributed by atoms with Crippen LogP contribution in [0.4, 0.5) is 11.4 Å². The maximum atomic E-state index is 13.6. The van der Waals surface area contributed by atoms with E-state index in [0.717, 1.165) is 29.9 Å². The SMILES string of the molecule is CCN(CC)c1ccc(C2/C(=C(\O)c3cc(OC)ccc3OC)C(=O)C(=O)N2c2cccc(C)c2C)cc1. The van der Waals surface area contributed by atoms with Crippen molar-refractivity contribution in [1.29, 1.82) is 0 Å². The Morgan fingerprint density at radius 2 is 1.63 bits per heavy atom. The summed E-state index contributed by atoms with van der Waals surface area (Å²) in [5.41, 5.74) is 4.53. The molecular weight excluding hydrogens is 480 g/mol. The minimum absolute atomic E-state index is 0.00181. The summed E-state index contributed by atoms with van der Waals surface area (Å²) in [6, 6.07) is 17.6. The summed E-state index contributed by atoms with van der Waals surface area (Å²) >= 11 is 0. The van der Waals surface area contributed by atoms with E-state index in [1.807, 2.05) is 56.3 Å². The van der Waals surface area contributed by atoms with E-state index in [9.17, 15) is 14.7 Å². The van der Waals surface area contributed by atoms with Crippen molar-refractivity contribution in [2.45, 2.75) is 33.7 Å². The third-order valence-corrected chi connectivity index (χ3v) is 7.28. The highest BCUT2D eigenvalue weighted by Gasteiger charge is 2.47. The average molecular weight is 515 g/mol. The number of ether oxygens (including phenoxy) is 2. The molecule has 0 bridgehead atoms. The van der Waals surface area contributed by atoms with Gasteiger partial charge in [-0.2, -0.15) is 0 Å². The lowest BCUT2D eigenvalue weighted by molar-refractivity contribution is -0.132. The molecule has 1 aliphatic heterocycles. The zero-order chi connectivity index (χ0) is 27.6. The number of aryl methyl sites for hydroxylation is 1. The number of amides is 1.